The van der Waals surface area contributed by atoms with Crippen molar-refractivity contribution in [2.24, 2.45) is 16.8 Å². The largest absolute Gasteiger partial charge is 0.465 e. The number of esters is 1. The number of urea groups is 1. The zero-order valence-electron chi connectivity index (χ0n) is 16.1. The number of nitrogens with two attached hydrogens (primary N) is 1. The van der Waals surface area contributed by atoms with Crippen LogP contribution in [0.2, 0.25) is 0 Å². The molecule has 8 heteroatoms. The average molecular weight is 386 g/mol. The summed E-state index contributed by atoms with van der Waals surface area (Å²) in [4.78, 5) is 38.1. The molecular formula is C20H26N4O4. The van der Waals surface area contributed by atoms with Crippen LogP contribution in [0.4, 0.5) is 10.5 Å². The number of hydrogen-bond acceptors (Lipinski definition) is 5. The van der Waals surface area contributed by atoms with Crippen molar-refractivity contribution in [3.8, 4) is 0 Å². The normalized spacial score (nSPS) is 17.6. The predicted octanol–water partition coefficient (Wildman–Crippen LogP) is 2.26. The Morgan fingerprint density at radius 3 is 2.57 bits per heavy atom. The van der Waals surface area contributed by atoms with Crippen LogP contribution in [0.25, 0.3) is 0 Å². The van der Waals surface area contributed by atoms with E-state index in [0.29, 0.717) is 5.69 Å². The Balaban J connectivity index is 2.06. The van der Waals surface area contributed by atoms with E-state index in [-0.39, 0.29) is 25.6 Å². The second kappa shape index (κ2) is 8.86. The number of rotatable bonds is 6. The van der Waals surface area contributed by atoms with Crippen molar-refractivity contribution < 1.29 is 19.1 Å². The van der Waals surface area contributed by atoms with Gasteiger partial charge in [-0.2, -0.15) is 5.10 Å². The first-order valence-corrected chi connectivity index (χ1v) is 9.72. The molecule has 150 valence electrons. The number of anilines is 1. The van der Waals surface area contributed by atoms with Crippen LogP contribution >= 0.6 is 0 Å². The summed E-state index contributed by atoms with van der Waals surface area (Å²) in [5, 5.41) is 5.71. The molecule has 1 fully saturated rings. The highest BCUT2D eigenvalue weighted by atomic mass is 16.5. The Hall–Kier alpha value is -2.90. The Morgan fingerprint density at radius 1 is 1.18 bits per heavy atom. The van der Waals surface area contributed by atoms with E-state index in [1.165, 1.54) is 11.3 Å². The van der Waals surface area contributed by atoms with Crippen molar-refractivity contribution >= 4 is 29.3 Å². The van der Waals surface area contributed by atoms with E-state index in [1.54, 1.807) is 19.1 Å². The molecule has 1 saturated carbocycles. The second-order valence-corrected chi connectivity index (χ2v) is 7.04. The lowest BCUT2D eigenvalue weighted by molar-refractivity contribution is -0.143. The van der Waals surface area contributed by atoms with Crippen molar-refractivity contribution in [2.45, 2.75) is 39.0 Å². The van der Waals surface area contributed by atoms with Crippen LogP contribution in [0.5, 0.6) is 0 Å². The van der Waals surface area contributed by atoms with Crippen molar-refractivity contribution in [1.29, 1.82) is 0 Å². The highest BCUT2D eigenvalue weighted by Gasteiger charge is 2.34. The fourth-order valence-electron chi connectivity index (χ4n) is 3.81. The fourth-order valence-corrected chi connectivity index (χ4v) is 3.81. The molecule has 1 aromatic rings. The summed E-state index contributed by atoms with van der Waals surface area (Å²) in [6, 6.07) is 6.80. The standard InChI is InChI=1S/C20H26N4O4/c1-2-28-18(26)13-24-20(27)23(12-17(21)25)16-11-7-6-10-15(16)19(22-24)14-8-4-3-5-9-14/h6-7,10-11,14H,2-5,8-9,12-13H2,1H3,(H2,21,25). The number of benzene rings is 1. The molecule has 1 aliphatic carbocycles. The topological polar surface area (TPSA) is 105 Å². The Labute approximate surface area is 164 Å². The van der Waals surface area contributed by atoms with Crippen molar-refractivity contribution in [1.82, 2.24) is 5.01 Å². The minimum Gasteiger partial charge on any atom is -0.465 e. The number of nitrogens with zero attached hydrogens (tertiary/aromatic N) is 3. The molecule has 1 aliphatic heterocycles. The zero-order chi connectivity index (χ0) is 20.1. The van der Waals surface area contributed by atoms with Crippen molar-refractivity contribution in [2.75, 3.05) is 24.6 Å². The molecule has 1 heterocycles. The van der Waals surface area contributed by atoms with Gasteiger partial charge in [-0.25, -0.2) is 9.80 Å². The van der Waals surface area contributed by atoms with Gasteiger partial charge >= 0.3 is 12.0 Å². The number of ether oxygens (including phenoxy) is 1. The molecule has 0 saturated heterocycles. The summed E-state index contributed by atoms with van der Waals surface area (Å²) >= 11 is 0. The van der Waals surface area contributed by atoms with Gasteiger partial charge in [-0.3, -0.25) is 14.5 Å². The lowest BCUT2D eigenvalue weighted by Gasteiger charge is -2.25. The van der Waals surface area contributed by atoms with Crippen LogP contribution in [0.3, 0.4) is 0 Å². The Morgan fingerprint density at radius 2 is 1.89 bits per heavy atom. The highest BCUT2D eigenvalue weighted by molar-refractivity contribution is 6.12. The van der Waals surface area contributed by atoms with Gasteiger partial charge in [0.1, 0.15) is 13.1 Å². The quantitative estimate of drug-likeness (QED) is 0.757. The molecule has 28 heavy (non-hydrogen) atoms. The number of carbonyl (C=O) groups is 3. The number of fused-ring (bicyclic) bond motifs is 1. The third-order valence-corrected chi connectivity index (χ3v) is 5.04. The van der Waals surface area contributed by atoms with Gasteiger partial charge in [0.05, 0.1) is 18.0 Å². The molecule has 0 atom stereocenters. The number of para-hydroxylation sites is 1. The van der Waals surface area contributed by atoms with E-state index in [0.717, 1.165) is 42.0 Å². The van der Waals surface area contributed by atoms with Gasteiger partial charge < -0.3 is 10.5 Å². The van der Waals surface area contributed by atoms with E-state index in [9.17, 15) is 14.4 Å². The molecule has 8 nitrogen and oxygen atoms in total. The third kappa shape index (κ3) is 4.32. The highest BCUT2D eigenvalue weighted by Crippen LogP contribution is 2.33. The SMILES string of the molecule is CCOC(=O)CN1N=C(C2CCCCC2)c2ccccc2N(CC(N)=O)C1=O. The van der Waals surface area contributed by atoms with Crippen molar-refractivity contribution in [3.05, 3.63) is 29.8 Å². The lowest BCUT2D eigenvalue weighted by atomic mass is 9.83. The van der Waals surface area contributed by atoms with Crippen LogP contribution in [0, 0.1) is 5.92 Å². The number of hydrazone groups is 1. The first-order valence-electron chi connectivity index (χ1n) is 9.72. The minimum atomic E-state index is -0.639. The van der Waals surface area contributed by atoms with E-state index in [2.05, 4.69) is 5.10 Å². The molecule has 0 spiro atoms. The number of amides is 3. The molecule has 2 N–H and O–H groups in total. The van der Waals surface area contributed by atoms with Crippen LogP contribution in [0.15, 0.2) is 29.4 Å². The van der Waals surface area contributed by atoms with Crippen molar-refractivity contribution in [3.63, 3.8) is 0 Å². The van der Waals surface area contributed by atoms with Gasteiger partial charge in [0, 0.05) is 11.5 Å². The number of hydrogen-bond donors (Lipinski definition) is 1. The molecule has 0 radical (unpaired) electrons. The summed E-state index contributed by atoms with van der Waals surface area (Å²) in [5.74, 6) is -0.992. The summed E-state index contributed by atoms with van der Waals surface area (Å²) in [5.41, 5.74) is 7.55. The maximum Gasteiger partial charge on any atom is 0.345 e. The second-order valence-electron chi connectivity index (χ2n) is 7.04. The van der Waals surface area contributed by atoms with E-state index < -0.39 is 17.9 Å². The van der Waals surface area contributed by atoms with Gasteiger partial charge in [-0.05, 0) is 25.8 Å². The van der Waals surface area contributed by atoms with E-state index >= 15 is 0 Å². The first-order chi connectivity index (χ1) is 13.5. The first kappa shape index (κ1) is 19.9. The smallest absolute Gasteiger partial charge is 0.345 e. The van der Waals surface area contributed by atoms with Crippen LogP contribution in [-0.2, 0) is 14.3 Å². The minimum absolute atomic E-state index is 0.195. The predicted molar refractivity (Wildman–Crippen MR) is 105 cm³/mol. The summed E-state index contributed by atoms with van der Waals surface area (Å²) in [7, 11) is 0. The monoisotopic (exact) mass is 386 g/mol. The summed E-state index contributed by atoms with van der Waals surface area (Å²) in [6.07, 6.45) is 5.34. The van der Waals surface area contributed by atoms with Gasteiger partial charge in [-0.15, -0.1) is 0 Å². The van der Waals surface area contributed by atoms with Gasteiger partial charge in [0.15, 0.2) is 0 Å². The zero-order valence-corrected chi connectivity index (χ0v) is 16.1. The average Bonchev–Trinajstić information content (AvgIpc) is 2.79. The van der Waals surface area contributed by atoms with Gasteiger partial charge in [0.2, 0.25) is 5.91 Å². The number of primary amides is 1. The number of carbonyl (C=O) groups excluding carboxylic acids is 3. The molecule has 0 bridgehead atoms. The van der Waals surface area contributed by atoms with Gasteiger partial charge in [-0.1, -0.05) is 37.5 Å². The van der Waals surface area contributed by atoms with Crippen LogP contribution in [0.1, 0.15) is 44.6 Å². The molecule has 3 amide bonds. The molecule has 2 aliphatic rings. The lowest BCUT2D eigenvalue weighted by Crippen LogP contribution is -2.46. The maximum atomic E-state index is 13.1. The van der Waals surface area contributed by atoms with E-state index in [1.807, 2.05) is 12.1 Å². The molecule has 0 unspecified atom stereocenters. The van der Waals surface area contributed by atoms with E-state index in [4.69, 9.17) is 10.5 Å². The molecule has 1 aromatic carbocycles. The Kier molecular flexibility index (Phi) is 6.28. The van der Waals surface area contributed by atoms with Crippen LogP contribution in [-0.4, -0.2) is 48.3 Å². The Bertz CT molecular complexity index is 786. The van der Waals surface area contributed by atoms with Gasteiger partial charge in [0.25, 0.3) is 0 Å². The molecule has 3 rings (SSSR count). The molecule has 0 aromatic heterocycles. The maximum absolute atomic E-state index is 13.1. The molecular weight excluding hydrogens is 360 g/mol. The third-order valence-electron chi connectivity index (χ3n) is 5.04. The fraction of sp³-hybridized carbons (Fsp3) is 0.500. The summed E-state index contributed by atoms with van der Waals surface area (Å²) < 4.78 is 5.00. The van der Waals surface area contributed by atoms with Crippen LogP contribution < -0.4 is 10.6 Å². The summed E-state index contributed by atoms with van der Waals surface area (Å²) in [6.45, 7) is 1.31.